The van der Waals surface area contributed by atoms with E-state index in [2.05, 4.69) is 15.6 Å². The summed E-state index contributed by atoms with van der Waals surface area (Å²) in [5, 5.41) is 5.85. The molecule has 0 bridgehead atoms. The van der Waals surface area contributed by atoms with Gasteiger partial charge in [-0.1, -0.05) is 12.1 Å². The average Bonchev–Trinajstić information content (AvgIpc) is 2.80. The van der Waals surface area contributed by atoms with Gasteiger partial charge in [-0.25, -0.2) is 4.98 Å². The molecule has 20 heavy (non-hydrogen) atoms. The molecule has 0 saturated carbocycles. The van der Waals surface area contributed by atoms with Crippen LogP contribution in [0.25, 0.3) is 11.0 Å². The third-order valence-corrected chi connectivity index (χ3v) is 2.80. The summed E-state index contributed by atoms with van der Waals surface area (Å²) in [6.07, 6.45) is 2.26. The largest absolute Gasteiger partial charge is 0.355 e. The number of carbonyl (C=O) groups excluding carboxylic acids is 1. The van der Waals surface area contributed by atoms with Crippen molar-refractivity contribution in [3.05, 3.63) is 30.6 Å². The van der Waals surface area contributed by atoms with Gasteiger partial charge in [0.1, 0.15) is 0 Å². The lowest BCUT2D eigenvalue weighted by molar-refractivity contribution is -0.121. The Morgan fingerprint density at radius 1 is 1.25 bits per heavy atom. The van der Waals surface area contributed by atoms with Crippen LogP contribution in [0.3, 0.4) is 0 Å². The number of imidazole rings is 1. The van der Waals surface area contributed by atoms with E-state index < -0.39 is 0 Å². The maximum Gasteiger partial charge on any atom is 0.221 e. The van der Waals surface area contributed by atoms with Gasteiger partial charge in [-0.3, -0.25) is 4.79 Å². The summed E-state index contributed by atoms with van der Waals surface area (Å²) in [5.74, 6) is 0.0723. The first-order valence-electron chi connectivity index (χ1n) is 6.12. The molecule has 0 atom stereocenters. The summed E-state index contributed by atoms with van der Waals surface area (Å²) >= 11 is 0. The molecule has 2 rings (SSSR count). The highest BCUT2D eigenvalue weighted by Gasteiger charge is 2.04. The molecule has 0 aliphatic heterocycles. The quantitative estimate of drug-likeness (QED) is 0.795. The second-order valence-electron chi connectivity index (χ2n) is 4.13. The Balaban J connectivity index is 0.00000180. The Morgan fingerprint density at radius 3 is 2.75 bits per heavy atom. The monoisotopic (exact) mass is 318 g/mol. The summed E-state index contributed by atoms with van der Waals surface area (Å²) in [6, 6.07) is 7.93. The van der Waals surface area contributed by atoms with Crippen LogP contribution in [0.2, 0.25) is 0 Å². The molecule has 0 unspecified atom stereocenters. The van der Waals surface area contributed by atoms with Crippen molar-refractivity contribution in [3.8, 4) is 0 Å². The number of para-hydroxylation sites is 2. The molecule has 112 valence electrons. The summed E-state index contributed by atoms with van der Waals surface area (Å²) < 4.78 is 2.01. The van der Waals surface area contributed by atoms with Crippen LogP contribution in [0.4, 0.5) is 0 Å². The third kappa shape index (κ3) is 5.00. The number of nitrogens with zero attached hydrogens (tertiary/aromatic N) is 2. The maximum absolute atomic E-state index is 11.6. The highest BCUT2D eigenvalue weighted by molar-refractivity contribution is 5.85. The van der Waals surface area contributed by atoms with E-state index in [0.717, 1.165) is 17.6 Å². The summed E-state index contributed by atoms with van der Waals surface area (Å²) in [6.45, 7) is 2.12. The lowest BCUT2D eigenvalue weighted by Crippen LogP contribution is -2.30. The normalized spacial score (nSPS) is 9.65. The summed E-state index contributed by atoms with van der Waals surface area (Å²) in [4.78, 5) is 15.9. The van der Waals surface area contributed by atoms with Crippen LogP contribution >= 0.6 is 24.8 Å². The number of hydrogen-bond donors (Lipinski definition) is 2. The van der Waals surface area contributed by atoms with Crippen LogP contribution in [0.1, 0.15) is 6.42 Å². The van der Waals surface area contributed by atoms with E-state index in [-0.39, 0.29) is 30.7 Å². The molecular weight excluding hydrogens is 299 g/mol. The van der Waals surface area contributed by atoms with Crippen molar-refractivity contribution >= 4 is 41.8 Å². The van der Waals surface area contributed by atoms with E-state index in [4.69, 9.17) is 0 Å². The molecule has 2 N–H and O–H groups in total. The number of rotatable bonds is 6. The fourth-order valence-corrected chi connectivity index (χ4v) is 1.83. The zero-order valence-electron chi connectivity index (χ0n) is 11.3. The van der Waals surface area contributed by atoms with Crippen molar-refractivity contribution in [1.29, 1.82) is 0 Å². The van der Waals surface area contributed by atoms with E-state index in [0.29, 0.717) is 19.5 Å². The van der Waals surface area contributed by atoms with Gasteiger partial charge in [0, 0.05) is 26.1 Å². The molecule has 0 spiro atoms. The topological polar surface area (TPSA) is 58.9 Å². The van der Waals surface area contributed by atoms with Crippen molar-refractivity contribution in [1.82, 2.24) is 20.2 Å². The first-order valence-corrected chi connectivity index (χ1v) is 6.12. The third-order valence-electron chi connectivity index (χ3n) is 2.80. The SMILES string of the molecule is CNCCNC(=O)CCn1cnc2ccccc21.Cl.Cl. The molecule has 2 aromatic rings. The average molecular weight is 319 g/mol. The van der Waals surface area contributed by atoms with Gasteiger partial charge in [0.2, 0.25) is 5.91 Å². The number of benzene rings is 1. The molecular formula is C13H20Cl2N4O. The molecule has 0 radical (unpaired) electrons. The van der Waals surface area contributed by atoms with E-state index in [9.17, 15) is 4.79 Å². The smallest absolute Gasteiger partial charge is 0.221 e. The van der Waals surface area contributed by atoms with Crippen LogP contribution in [0.15, 0.2) is 30.6 Å². The number of halogens is 2. The van der Waals surface area contributed by atoms with Gasteiger partial charge in [-0.05, 0) is 19.2 Å². The fourth-order valence-electron chi connectivity index (χ4n) is 1.83. The Bertz CT molecular complexity index is 530. The molecule has 1 amide bonds. The maximum atomic E-state index is 11.6. The minimum atomic E-state index is 0. The molecule has 7 heteroatoms. The van der Waals surface area contributed by atoms with Crippen LogP contribution < -0.4 is 10.6 Å². The number of fused-ring (bicyclic) bond motifs is 1. The highest BCUT2D eigenvalue weighted by Crippen LogP contribution is 2.11. The van der Waals surface area contributed by atoms with E-state index >= 15 is 0 Å². The number of nitrogens with one attached hydrogen (secondary N) is 2. The van der Waals surface area contributed by atoms with Gasteiger partial charge >= 0.3 is 0 Å². The van der Waals surface area contributed by atoms with Crippen molar-refractivity contribution in [2.24, 2.45) is 0 Å². The number of hydrogen-bond acceptors (Lipinski definition) is 3. The Kier molecular flexibility index (Phi) is 8.96. The van der Waals surface area contributed by atoms with Gasteiger partial charge < -0.3 is 15.2 Å². The van der Waals surface area contributed by atoms with Crippen molar-refractivity contribution in [2.75, 3.05) is 20.1 Å². The number of carbonyl (C=O) groups is 1. The van der Waals surface area contributed by atoms with Crippen molar-refractivity contribution in [2.45, 2.75) is 13.0 Å². The molecule has 1 aromatic carbocycles. The Morgan fingerprint density at radius 2 is 2.00 bits per heavy atom. The number of likely N-dealkylation sites (N-methyl/N-ethyl adjacent to an activating group) is 1. The van der Waals surface area contributed by atoms with Crippen LogP contribution in [0.5, 0.6) is 0 Å². The minimum Gasteiger partial charge on any atom is -0.355 e. The van der Waals surface area contributed by atoms with E-state index in [1.54, 1.807) is 6.33 Å². The number of amides is 1. The first-order chi connectivity index (χ1) is 8.81. The standard InChI is InChI=1S/C13H18N4O.2ClH/c1-14-7-8-15-13(18)6-9-17-10-16-11-4-2-3-5-12(11)17;;/h2-5,10,14H,6-9H2,1H3,(H,15,18);2*1H. The molecule has 0 saturated heterocycles. The first kappa shape index (κ1) is 18.7. The van der Waals surface area contributed by atoms with Crippen LogP contribution in [0, 0.1) is 0 Å². The number of aryl methyl sites for hydroxylation is 1. The molecule has 1 aromatic heterocycles. The van der Waals surface area contributed by atoms with Crippen LogP contribution in [-0.2, 0) is 11.3 Å². The molecule has 1 heterocycles. The van der Waals surface area contributed by atoms with Gasteiger partial charge in [-0.2, -0.15) is 0 Å². The number of aromatic nitrogens is 2. The summed E-state index contributed by atoms with van der Waals surface area (Å²) in [5.41, 5.74) is 2.04. The van der Waals surface area contributed by atoms with Gasteiger partial charge in [0.05, 0.1) is 17.4 Å². The Hall–Kier alpha value is -1.30. The van der Waals surface area contributed by atoms with Gasteiger partial charge in [0.15, 0.2) is 0 Å². The lowest BCUT2D eigenvalue weighted by atomic mass is 10.3. The molecule has 0 aliphatic carbocycles. The zero-order chi connectivity index (χ0) is 12.8. The van der Waals surface area contributed by atoms with E-state index in [1.165, 1.54) is 0 Å². The van der Waals surface area contributed by atoms with Gasteiger partial charge in [0.25, 0.3) is 0 Å². The zero-order valence-corrected chi connectivity index (χ0v) is 13.0. The molecule has 5 nitrogen and oxygen atoms in total. The Labute approximate surface area is 131 Å². The fraction of sp³-hybridized carbons (Fsp3) is 0.385. The van der Waals surface area contributed by atoms with E-state index in [1.807, 2.05) is 35.9 Å². The predicted octanol–water partition coefficient (Wildman–Crippen LogP) is 1.61. The van der Waals surface area contributed by atoms with Crippen molar-refractivity contribution < 1.29 is 4.79 Å². The molecule has 0 aliphatic rings. The highest BCUT2D eigenvalue weighted by atomic mass is 35.5. The lowest BCUT2D eigenvalue weighted by Gasteiger charge is -2.06. The molecule has 0 fully saturated rings. The second-order valence-corrected chi connectivity index (χ2v) is 4.13. The minimum absolute atomic E-state index is 0. The van der Waals surface area contributed by atoms with Gasteiger partial charge in [-0.15, -0.1) is 24.8 Å². The second kappa shape index (κ2) is 9.58. The predicted molar refractivity (Wildman–Crippen MR) is 85.8 cm³/mol. The summed E-state index contributed by atoms with van der Waals surface area (Å²) in [7, 11) is 1.86. The van der Waals surface area contributed by atoms with Crippen molar-refractivity contribution in [3.63, 3.8) is 0 Å². The van der Waals surface area contributed by atoms with Crippen LogP contribution in [-0.4, -0.2) is 35.6 Å².